The summed E-state index contributed by atoms with van der Waals surface area (Å²) in [7, 11) is 1.30. The molecule has 0 aromatic heterocycles. The van der Waals surface area contributed by atoms with Crippen LogP contribution in [0.1, 0.15) is 34.1 Å². The van der Waals surface area contributed by atoms with Crippen LogP contribution in [0.2, 0.25) is 0 Å². The normalized spacial score (nSPS) is 11.4. The van der Waals surface area contributed by atoms with Gasteiger partial charge in [0.2, 0.25) is 5.91 Å². The van der Waals surface area contributed by atoms with Crippen molar-refractivity contribution in [2.24, 2.45) is 5.73 Å². The van der Waals surface area contributed by atoms with E-state index < -0.39 is 11.5 Å². The number of nitrogens with two attached hydrogens (primary N) is 1. The van der Waals surface area contributed by atoms with Gasteiger partial charge in [-0.2, -0.15) is 0 Å². The summed E-state index contributed by atoms with van der Waals surface area (Å²) in [6, 6.07) is -0.0473. The Labute approximate surface area is 96.9 Å². The zero-order valence-corrected chi connectivity index (χ0v) is 10.7. The van der Waals surface area contributed by atoms with Gasteiger partial charge < -0.3 is 15.4 Å². The lowest BCUT2D eigenvalue weighted by atomic mass is 10.0. The van der Waals surface area contributed by atoms with E-state index in [1.165, 1.54) is 12.0 Å². The highest BCUT2D eigenvalue weighted by Crippen LogP contribution is 2.09. The summed E-state index contributed by atoms with van der Waals surface area (Å²) in [5, 5.41) is 0. The fraction of sp³-hybridized carbons (Fsp3) is 0.818. The Hall–Kier alpha value is -1.10. The minimum absolute atomic E-state index is 0.0247. The van der Waals surface area contributed by atoms with Gasteiger partial charge in [-0.05, 0) is 27.7 Å². The summed E-state index contributed by atoms with van der Waals surface area (Å²) in [4.78, 5) is 24.5. The number of ether oxygens (including phenoxy) is 1. The van der Waals surface area contributed by atoms with Gasteiger partial charge in [0.1, 0.15) is 6.54 Å². The molecule has 0 bridgehead atoms. The summed E-state index contributed by atoms with van der Waals surface area (Å²) >= 11 is 0. The highest BCUT2D eigenvalue weighted by Gasteiger charge is 2.25. The first-order valence-corrected chi connectivity index (χ1v) is 5.32. The second-order valence-corrected chi connectivity index (χ2v) is 4.86. The van der Waals surface area contributed by atoms with Crippen LogP contribution in [0.25, 0.3) is 0 Å². The quantitative estimate of drug-likeness (QED) is 0.699. The van der Waals surface area contributed by atoms with Gasteiger partial charge in [0.15, 0.2) is 0 Å². The standard InChI is InChI=1S/C11H22N2O3/c1-8(2)13(7-10(15)16-5)9(14)6-11(3,4)12/h8H,6-7,12H2,1-5H3. The molecule has 0 unspecified atom stereocenters. The molecular weight excluding hydrogens is 208 g/mol. The Morgan fingerprint density at radius 3 is 2.19 bits per heavy atom. The van der Waals surface area contributed by atoms with Crippen LogP contribution in [0.5, 0.6) is 0 Å². The number of nitrogens with zero attached hydrogens (tertiary/aromatic N) is 1. The third-order valence-electron chi connectivity index (χ3n) is 2.08. The molecule has 5 nitrogen and oxygen atoms in total. The second-order valence-electron chi connectivity index (χ2n) is 4.86. The van der Waals surface area contributed by atoms with E-state index in [4.69, 9.17) is 5.73 Å². The minimum atomic E-state index is -0.569. The highest BCUT2D eigenvalue weighted by molar-refractivity contribution is 5.82. The molecule has 5 heteroatoms. The molecule has 0 spiro atoms. The minimum Gasteiger partial charge on any atom is -0.468 e. The SMILES string of the molecule is COC(=O)CN(C(=O)CC(C)(C)N)C(C)C. The number of hydrogen-bond acceptors (Lipinski definition) is 4. The van der Waals surface area contributed by atoms with Crippen LogP contribution in [0.3, 0.4) is 0 Å². The van der Waals surface area contributed by atoms with Crippen molar-refractivity contribution in [3.8, 4) is 0 Å². The van der Waals surface area contributed by atoms with Crippen LogP contribution >= 0.6 is 0 Å². The Morgan fingerprint density at radius 1 is 1.38 bits per heavy atom. The summed E-state index contributed by atoms with van der Waals surface area (Å²) in [5.74, 6) is -0.551. The molecule has 0 fully saturated rings. The molecule has 1 amide bonds. The Balaban J connectivity index is 4.54. The van der Waals surface area contributed by atoms with E-state index in [0.717, 1.165) is 0 Å². The summed E-state index contributed by atoms with van der Waals surface area (Å²) in [5.41, 5.74) is 5.20. The number of esters is 1. The molecule has 0 heterocycles. The molecular formula is C11H22N2O3. The first kappa shape index (κ1) is 14.9. The molecule has 94 valence electrons. The average molecular weight is 230 g/mol. The van der Waals surface area contributed by atoms with Crippen LogP contribution in [-0.4, -0.2) is 42.0 Å². The summed E-state index contributed by atoms with van der Waals surface area (Å²) < 4.78 is 4.55. The smallest absolute Gasteiger partial charge is 0.325 e. The van der Waals surface area contributed by atoms with Gasteiger partial charge in [-0.3, -0.25) is 9.59 Å². The topological polar surface area (TPSA) is 72.6 Å². The molecule has 0 aromatic carbocycles. The third-order valence-corrected chi connectivity index (χ3v) is 2.08. The van der Waals surface area contributed by atoms with E-state index in [0.29, 0.717) is 0 Å². The highest BCUT2D eigenvalue weighted by atomic mass is 16.5. The predicted octanol–water partition coefficient (Wildman–Crippen LogP) is 0.524. The van der Waals surface area contributed by atoms with Gasteiger partial charge in [-0.15, -0.1) is 0 Å². The van der Waals surface area contributed by atoms with Crippen LogP contribution < -0.4 is 5.73 Å². The van der Waals surface area contributed by atoms with Crippen molar-refractivity contribution >= 4 is 11.9 Å². The molecule has 0 aromatic rings. The van der Waals surface area contributed by atoms with Crippen LogP contribution in [0, 0.1) is 0 Å². The van der Waals surface area contributed by atoms with Crippen LogP contribution in [0.15, 0.2) is 0 Å². The Morgan fingerprint density at radius 2 is 1.88 bits per heavy atom. The van der Waals surface area contributed by atoms with Gasteiger partial charge >= 0.3 is 5.97 Å². The van der Waals surface area contributed by atoms with Crippen molar-refractivity contribution in [1.82, 2.24) is 4.90 Å². The van der Waals surface area contributed by atoms with Gasteiger partial charge in [0.05, 0.1) is 7.11 Å². The Kier molecular flexibility index (Phi) is 5.44. The van der Waals surface area contributed by atoms with Crippen molar-refractivity contribution in [3.05, 3.63) is 0 Å². The maximum Gasteiger partial charge on any atom is 0.325 e. The Bertz CT molecular complexity index is 256. The summed E-state index contributed by atoms with van der Waals surface area (Å²) in [6.45, 7) is 7.24. The molecule has 0 aliphatic heterocycles. The first-order valence-electron chi connectivity index (χ1n) is 5.32. The number of methoxy groups -OCH3 is 1. The fourth-order valence-electron chi connectivity index (χ4n) is 1.25. The zero-order valence-electron chi connectivity index (χ0n) is 10.7. The molecule has 0 saturated carbocycles. The molecule has 16 heavy (non-hydrogen) atoms. The molecule has 0 saturated heterocycles. The average Bonchev–Trinajstić information content (AvgIpc) is 2.09. The second kappa shape index (κ2) is 5.84. The predicted molar refractivity (Wildman–Crippen MR) is 61.7 cm³/mol. The van der Waals surface area contributed by atoms with Gasteiger partial charge in [-0.1, -0.05) is 0 Å². The lowest BCUT2D eigenvalue weighted by molar-refractivity contribution is -0.148. The lowest BCUT2D eigenvalue weighted by Gasteiger charge is -2.28. The van der Waals surface area contributed by atoms with Crippen molar-refractivity contribution < 1.29 is 14.3 Å². The number of amides is 1. The fourth-order valence-corrected chi connectivity index (χ4v) is 1.25. The molecule has 0 atom stereocenters. The van der Waals surface area contributed by atoms with Crippen molar-refractivity contribution in [2.75, 3.05) is 13.7 Å². The van der Waals surface area contributed by atoms with Crippen LogP contribution in [0.4, 0.5) is 0 Å². The third kappa shape index (κ3) is 5.70. The maximum atomic E-state index is 11.9. The first-order chi connectivity index (χ1) is 7.17. The van der Waals surface area contributed by atoms with Crippen molar-refractivity contribution in [1.29, 1.82) is 0 Å². The van der Waals surface area contributed by atoms with Crippen molar-refractivity contribution in [2.45, 2.75) is 45.7 Å². The molecule has 2 N–H and O–H groups in total. The van der Waals surface area contributed by atoms with E-state index in [9.17, 15) is 9.59 Å². The van der Waals surface area contributed by atoms with E-state index in [-0.39, 0.29) is 24.9 Å². The van der Waals surface area contributed by atoms with E-state index in [1.807, 2.05) is 13.8 Å². The molecule has 0 aliphatic carbocycles. The zero-order chi connectivity index (χ0) is 12.9. The maximum absolute atomic E-state index is 11.9. The van der Waals surface area contributed by atoms with Gasteiger partial charge in [0, 0.05) is 18.0 Å². The van der Waals surface area contributed by atoms with Gasteiger partial charge in [0.25, 0.3) is 0 Å². The number of carbonyl (C=O) groups is 2. The molecule has 0 aliphatic rings. The van der Waals surface area contributed by atoms with Gasteiger partial charge in [-0.25, -0.2) is 0 Å². The van der Waals surface area contributed by atoms with E-state index >= 15 is 0 Å². The lowest BCUT2D eigenvalue weighted by Crippen LogP contribution is -2.46. The number of hydrogen-bond donors (Lipinski definition) is 1. The molecule has 0 rings (SSSR count). The van der Waals surface area contributed by atoms with E-state index in [2.05, 4.69) is 4.74 Å². The number of carbonyl (C=O) groups excluding carboxylic acids is 2. The summed E-state index contributed by atoms with van der Waals surface area (Å²) in [6.07, 6.45) is 0.210. The molecule has 0 radical (unpaired) electrons. The largest absolute Gasteiger partial charge is 0.468 e. The monoisotopic (exact) mass is 230 g/mol. The van der Waals surface area contributed by atoms with Crippen LogP contribution in [-0.2, 0) is 14.3 Å². The van der Waals surface area contributed by atoms with Crippen molar-refractivity contribution in [3.63, 3.8) is 0 Å². The van der Waals surface area contributed by atoms with E-state index in [1.54, 1.807) is 13.8 Å². The number of rotatable bonds is 5.